The Morgan fingerprint density at radius 1 is 1.56 bits per heavy atom. The van der Waals surface area contributed by atoms with Gasteiger partial charge >= 0.3 is 0 Å². The fourth-order valence-corrected chi connectivity index (χ4v) is 1.61. The van der Waals surface area contributed by atoms with Gasteiger partial charge in [0.15, 0.2) is 0 Å². The Hall–Kier alpha value is -1.97. The average molecular weight is 215 g/mol. The lowest BCUT2D eigenvalue weighted by Gasteiger charge is -2.02. The SMILES string of the molecule is C=C(C=O)CCCn1ncc2ncccc21. The zero-order valence-electron chi connectivity index (χ0n) is 8.97. The molecule has 0 aliphatic carbocycles. The predicted molar refractivity (Wildman–Crippen MR) is 62.0 cm³/mol. The third-order valence-electron chi connectivity index (χ3n) is 2.45. The number of carbonyl (C=O) groups is 1. The van der Waals surface area contributed by atoms with Crippen molar-refractivity contribution in [1.29, 1.82) is 0 Å². The highest BCUT2D eigenvalue weighted by atomic mass is 16.1. The van der Waals surface area contributed by atoms with Gasteiger partial charge in [-0.1, -0.05) is 6.58 Å². The first-order valence-corrected chi connectivity index (χ1v) is 5.21. The summed E-state index contributed by atoms with van der Waals surface area (Å²) in [5.41, 5.74) is 2.56. The van der Waals surface area contributed by atoms with Crippen molar-refractivity contribution >= 4 is 17.3 Å². The van der Waals surface area contributed by atoms with E-state index in [2.05, 4.69) is 16.7 Å². The first-order valence-electron chi connectivity index (χ1n) is 5.21. The van der Waals surface area contributed by atoms with Crippen molar-refractivity contribution in [2.45, 2.75) is 19.4 Å². The summed E-state index contributed by atoms with van der Waals surface area (Å²) in [5.74, 6) is 0. The highest BCUT2D eigenvalue weighted by Gasteiger charge is 2.02. The van der Waals surface area contributed by atoms with Crippen molar-refractivity contribution in [3.05, 3.63) is 36.7 Å². The van der Waals surface area contributed by atoms with Gasteiger partial charge in [-0.2, -0.15) is 5.10 Å². The minimum Gasteiger partial charge on any atom is -0.298 e. The largest absolute Gasteiger partial charge is 0.298 e. The third kappa shape index (κ3) is 2.16. The van der Waals surface area contributed by atoms with Gasteiger partial charge in [-0.25, -0.2) is 0 Å². The van der Waals surface area contributed by atoms with E-state index in [1.54, 1.807) is 12.4 Å². The maximum atomic E-state index is 10.4. The highest BCUT2D eigenvalue weighted by molar-refractivity contribution is 5.73. The monoisotopic (exact) mass is 215 g/mol. The molecule has 2 rings (SSSR count). The molecule has 0 radical (unpaired) electrons. The number of aryl methyl sites for hydroxylation is 1. The minimum atomic E-state index is 0.634. The van der Waals surface area contributed by atoms with Crippen molar-refractivity contribution in [1.82, 2.24) is 14.8 Å². The van der Waals surface area contributed by atoms with Crippen LogP contribution in [0.2, 0.25) is 0 Å². The van der Waals surface area contributed by atoms with Crippen LogP contribution >= 0.6 is 0 Å². The van der Waals surface area contributed by atoms with Gasteiger partial charge in [0.05, 0.1) is 11.7 Å². The molecule has 0 saturated heterocycles. The predicted octanol–water partition coefficient (Wildman–Crippen LogP) is 1.97. The number of pyridine rings is 1. The number of aromatic nitrogens is 3. The molecule has 0 unspecified atom stereocenters. The van der Waals surface area contributed by atoms with Gasteiger partial charge in [-0.15, -0.1) is 0 Å². The van der Waals surface area contributed by atoms with Gasteiger partial charge in [0.2, 0.25) is 0 Å². The molecule has 82 valence electrons. The fraction of sp³-hybridized carbons (Fsp3) is 0.250. The molecule has 0 spiro atoms. The van der Waals surface area contributed by atoms with Crippen LogP contribution in [0.3, 0.4) is 0 Å². The number of hydrogen-bond donors (Lipinski definition) is 0. The molecule has 4 heteroatoms. The maximum absolute atomic E-state index is 10.4. The highest BCUT2D eigenvalue weighted by Crippen LogP contribution is 2.11. The summed E-state index contributed by atoms with van der Waals surface area (Å²) in [6.45, 7) is 4.42. The Morgan fingerprint density at radius 3 is 3.25 bits per heavy atom. The number of nitrogens with zero attached hydrogens (tertiary/aromatic N) is 3. The van der Waals surface area contributed by atoms with E-state index in [1.165, 1.54) is 0 Å². The lowest BCUT2D eigenvalue weighted by molar-refractivity contribution is -0.105. The molecule has 2 aromatic rings. The first kappa shape index (κ1) is 10.5. The van der Waals surface area contributed by atoms with Gasteiger partial charge < -0.3 is 0 Å². The number of fused-ring (bicyclic) bond motifs is 1. The van der Waals surface area contributed by atoms with E-state index in [1.807, 2.05) is 16.8 Å². The Balaban J connectivity index is 2.04. The number of hydrogen-bond acceptors (Lipinski definition) is 3. The van der Waals surface area contributed by atoms with Gasteiger partial charge in [0.1, 0.15) is 11.8 Å². The molecular formula is C12H13N3O. The zero-order chi connectivity index (χ0) is 11.4. The Labute approximate surface area is 93.6 Å². The molecule has 0 bridgehead atoms. The quantitative estimate of drug-likeness (QED) is 0.566. The van der Waals surface area contributed by atoms with Crippen LogP contribution in [0.15, 0.2) is 36.7 Å². The van der Waals surface area contributed by atoms with Gasteiger partial charge in [0.25, 0.3) is 0 Å². The van der Waals surface area contributed by atoms with E-state index in [9.17, 15) is 4.79 Å². The van der Waals surface area contributed by atoms with Crippen LogP contribution < -0.4 is 0 Å². The van der Waals surface area contributed by atoms with Crippen LogP contribution in [0.4, 0.5) is 0 Å². The Kier molecular flexibility index (Phi) is 3.10. The van der Waals surface area contributed by atoms with E-state index >= 15 is 0 Å². The molecule has 0 aliphatic heterocycles. The Bertz CT molecular complexity index is 516. The standard InChI is InChI=1S/C12H13N3O/c1-10(9-16)4-3-7-15-12-5-2-6-13-11(12)8-14-15/h2,5-6,8-9H,1,3-4,7H2. The summed E-state index contributed by atoms with van der Waals surface area (Å²) in [4.78, 5) is 14.6. The molecule has 0 saturated carbocycles. The van der Waals surface area contributed by atoms with Gasteiger partial charge in [-0.3, -0.25) is 14.5 Å². The van der Waals surface area contributed by atoms with Crippen LogP contribution in [-0.2, 0) is 11.3 Å². The van der Waals surface area contributed by atoms with Crippen LogP contribution in [0.25, 0.3) is 11.0 Å². The summed E-state index contributed by atoms with van der Waals surface area (Å²) in [6, 6.07) is 3.88. The molecule has 0 amide bonds. The second-order valence-electron chi connectivity index (χ2n) is 3.66. The number of rotatable bonds is 5. The van der Waals surface area contributed by atoms with Crippen molar-refractivity contribution < 1.29 is 4.79 Å². The van der Waals surface area contributed by atoms with Crippen LogP contribution in [0.5, 0.6) is 0 Å². The van der Waals surface area contributed by atoms with Crippen LogP contribution in [-0.4, -0.2) is 21.1 Å². The second kappa shape index (κ2) is 4.70. The molecule has 2 heterocycles. The van der Waals surface area contributed by atoms with Gasteiger partial charge in [-0.05, 0) is 30.5 Å². The normalized spacial score (nSPS) is 10.5. The van der Waals surface area contributed by atoms with Crippen LogP contribution in [0.1, 0.15) is 12.8 Å². The molecule has 0 atom stereocenters. The molecule has 2 aromatic heterocycles. The topological polar surface area (TPSA) is 47.8 Å². The first-order chi connectivity index (χ1) is 7.81. The van der Waals surface area contributed by atoms with E-state index in [-0.39, 0.29) is 0 Å². The van der Waals surface area contributed by atoms with Crippen molar-refractivity contribution in [2.75, 3.05) is 0 Å². The second-order valence-corrected chi connectivity index (χ2v) is 3.66. The molecular weight excluding hydrogens is 202 g/mol. The van der Waals surface area contributed by atoms with E-state index in [0.717, 1.165) is 30.3 Å². The Morgan fingerprint density at radius 2 is 2.44 bits per heavy atom. The average Bonchev–Trinajstić information content (AvgIpc) is 2.73. The summed E-state index contributed by atoms with van der Waals surface area (Å²) < 4.78 is 1.90. The van der Waals surface area contributed by atoms with E-state index < -0.39 is 0 Å². The summed E-state index contributed by atoms with van der Waals surface area (Å²) in [6.07, 6.45) is 5.89. The number of allylic oxidation sites excluding steroid dienone is 1. The van der Waals surface area contributed by atoms with Crippen molar-refractivity contribution in [3.8, 4) is 0 Å². The van der Waals surface area contributed by atoms with Crippen molar-refractivity contribution in [3.63, 3.8) is 0 Å². The summed E-state index contributed by atoms with van der Waals surface area (Å²) in [5, 5.41) is 4.25. The third-order valence-corrected chi connectivity index (χ3v) is 2.45. The van der Waals surface area contributed by atoms with Crippen LogP contribution in [0, 0.1) is 0 Å². The molecule has 0 aliphatic rings. The van der Waals surface area contributed by atoms with E-state index in [0.29, 0.717) is 12.0 Å². The number of aldehydes is 1. The number of carbonyl (C=O) groups excluding carboxylic acids is 1. The lowest BCUT2D eigenvalue weighted by atomic mass is 10.2. The smallest absolute Gasteiger partial charge is 0.145 e. The molecule has 4 nitrogen and oxygen atoms in total. The van der Waals surface area contributed by atoms with Crippen molar-refractivity contribution in [2.24, 2.45) is 0 Å². The van der Waals surface area contributed by atoms with Gasteiger partial charge in [0, 0.05) is 12.7 Å². The fourth-order valence-electron chi connectivity index (χ4n) is 1.61. The zero-order valence-corrected chi connectivity index (χ0v) is 8.97. The molecule has 16 heavy (non-hydrogen) atoms. The molecule has 0 N–H and O–H groups in total. The summed E-state index contributed by atoms with van der Waals surface area (Å²) >= 11 is 0. The molecule has 0 aromatic carbocycles. The maximum Gasteiger partial charge on any atom is 0.145 e. The summed E-state index contributed by atoms with van der Waals surface area (Å²) in [7, 11) is 0. The van der Waals surface area contributed by atoms with E-state index in [4.69, 9.17) is 0 Å². The molecule has 0 fully saturated rings. The lowest BCUT2D eigenvalue weighted by Crippen LogP contribution is -2.00. The minimum absolute atomic E-state index is 0.634.